The van der Waals surface area contributed by atoms with Crippen LogP contribution >= 0.6 is 0 Å². The van der Waals surface area contributed by atoms with Crippen LogP contribution in [0.4, 0.5) is 4.79 Å². The monoisotopic (exact) mass is 520 g/mol. The highest BCUT2D eigenvalue weighted by molar-refractivity contribution is 5.62. The Balaban J connectivity index is 1.44. The van der Waals surface area contributed by atoms with Crippen LogP contribution in [-0.4, -0.2) is 42.4 Å². The van der Waals surface area contributed by atoms with Crippen molar-refractivity contribution in [1.29, 1.82) is 0 Å². The Kier molecular flexibility index (Phi) is 7.28. The second-order valence-electron chi connectivity index (χ2n) is 8.42. The average Bonchev–Trinajstić information content (AvgIpc) is 2.93. The third-order valence-electron chi connectivity index (χ3n) is 6.31. The van der Waals surface area contributed by atoms with Gasteiger partial charge in [-0.15, -0.1) is 0 Å². The molecule has 0 saturated heterocycles. The fraction of sp³-hybridized carbons (Fsp3) is 0.222. The predicted molar refractivity (Wildman–Crippen MR) is 135 cm³/mol. The van der Waals surface area contributed by atoms with E-state index in [-0.39, 0.29) is 0 Å². The van der Waals surface area contributed by atoms with E-state index in [4.69, 9.17) is 18.9 Å². The first-order chi connectivity index (χ1) is 18.3. The number of methoxy groups -OCH3 is 2. The maximum Gasteiger partial charge on any atom is 0.510 e. The van der Waals surface area contributed by atoms with E-state index in [1.54, 1.807) is 48.5 Å². The summed E-state index contributed by atoms with van der Waals surface area (Å²) in [7, 11) is 2.84. The largest absolute Gasteiger partial charge is 0.510 e. The molecule has 0 unspecified atom stereocenters. The van der Waals surface area contributed by atoms with Gasteiger partial charge in [0.1, 0.15) is 23.7 Å². The zero-order valence-corrected chi connectivity index (χ0v) is 20.5. The van der Waals surface area contributed by atoms with Gasteiger partial charge in [-0.05, 0) is 48.6 Å². The van der Waals surface area contributed by atoms with Gasteiger partial charge in [0.15, 0.2) is 0 Å². The van der Waals surface area contributed by atoms with Crippen LogP contribution < -0.4 is 9.47 Å². The van der Waals surface area contributed by atoms with E-state index < -0.39 is 39.3 Å². The highest BCUT2D eigenvalue weighted by Gasteiger charge is 2.45. The molecule has 2 aliphatic rings. The first kappa shape index (κ1) is 26.1. The first-order valence-electron chi connectivity index (χ1n) is 11.5. The summed E-state index contributed by atoms with van der Waals surface area (Å²) in [5.74, 6) is 0.680. The standard InChI is InChI=1S/C27H24N2O9/c1-35-23-9-5-3-7-21(23)26(28(31)32)15-11-19(12-16-26)37-25(30)38-20-13-17-27(18-14-20,29(33)34)22-8-4-6-10-24(22)36-2/h3-20H,1-2H3. The number of rotatable bonds is 8. The van der Waals surface area contributed by atoms with Crippen molar-refractivity contribution in [3.63, 3.8) is 0 Å². The quantitative estimate of drug-likeness (QED) is 0.213. The van der Waals surface area contributed by atoms with Crippen LogP contribution in [0, 0.1) is 20.2 Å². The molecule has 0 bridgehead atoms. The first-order valence-corrected chi connectivity index (χ1v) is 11.5. The number of nitrogens with zero attached hydrogens (tertiary/aromatic N) is 2. The van der Waals surface area contributed by atoms with Crippen LogP contribution in [0.1, 0.15) is 11.1 Å². The second kappa shape index (κ2) is 10.6. The molecule has 2 aromatic rings. The summed E-state index contributed by atoms with van der Waals surface area (Å²) in [6.07, 6.45) is 7.89. The molecule has 0 radical (unpaired) electrons. The van der Waals surface area contributed by atoms with Gasteiger partial charge >= 0.3 is 6.16 Å². The Hall–Kier alpha value is -4.93. The normalized spacial score (nSPS) is 25.4. The van der Waals surface area contributed by atoms with Crippen molar-refractivity contribution < 1.29 is 33.6 Å². The summed E-state index contributed by atoms with van der Waals surface area (Å²) in [5, 5.41) is 24.0. The number of para-hydroxylation sites is 2. The van der Waals surface area contributed by atoms with Crippen molar-refractivity contribution in [2.75, 3.05) is 14.2 Å². The fourth-order valence-corrected chi connectivity index (χ4v) is 4.36. The smallest absolute Gasteiger partial charge is 0.496 e. The minimum Gasteiger partial charge on any atom is -0.496 e. The zero-order chi connectivity index (χ0) is 27.3. The van der Waals surface area contributed by atoms with Crippen LogP contribution in [0.5, 0.6) is 11.5 Å². The highest BCUT2D eigenvalue weighted by atomic mass is 16.7. The summed E-state index contributed by atoms with van der Waals surface area (Å²) in [6, 6.07) is 13.1. The summed E-state index contributed by atoms with van der Waals surface area (Å²) >= 11 is 0. The fourth-order valence-electron chi connectivity index (χ4n) is 4.36. The maximum atomic E-state index is 12.4. The number of carbonyl (C=O) groups excluding carboxylic acids is 1. The lowest BCUT2D eigenvalue weighted by atomic mass is 9.85. The van der Waals surface area contributed by atoms with Crippen molar-refractivity contribution >= 4 is 6.16 Å². The number of nitro groups is 2. The molecule has 11 nitrogen and oxygen atoms in total. The topological polar surface area (TPSA) is 140 Å². The molecule has 0 atom stereocenters. The van der Waals surface area contributed by atoms with Crippen molar-refractivity contribution in [2.45, 2.75) is 23.3 Å². The Morgan fingerprint density at radius 2 is 1.03 bits per heavy atom. The number of hydrogen-bond donors (Lipinski definition) is 0. The Labute approximate surface area is 217 Å². The molecule has 0 amide bonds. The van der Waals surface area contributed by atoms with Crippen LogP contribution in [0.2, 0.25) is 0 Å². The molecule has 0 heterocycles. The minimum atomic E-state index is -1.70. The van der Waals surface area contributed by atoms with E-state index in [0.717, 1.165) is 0 Å². The minimum absolute atomic E-state index is 0.322. The van der Waals surface area contributed by atoms with E-state index in [0.29, 0.717) is 22.6 Å². The zero-order valence-electron chi connectivity index (χ0n) is 20.5. The Morgan fingerprint density at radius 1 is 0.684 bits per heavy atom. The Morgan fingerprint density at radius 3 is 1.34 bits per heavy atom. The van der Waals surface area contributed by atoms with Gasteiger partial charge < -0.3 is 18.9 Å². The third-order valence-corrected chi connectivity index (χ3v) is 6.31. The van der Waals surface area contributed by atoms with Crippen molar-refractivity contribution in [3.8, 4) is 11.5 Å². The van der Waals surface area contributed by atoms with Crippen LogP contribution in [0.25, 0.3) is 0 Å². The van der Waals surface area contributed by atoms with E-state index in [2.05, 4.69) is 0 Å². The van der Waals surface area contributed by atoms with Gasteiger partial charge in [-0.25, -0.2) is 4.79 Å². The lowest BCUT2D eigenvalue weighted by Gasteiger charge is -2.26. The summed E-state index contributed by atoms with van der Waals surface area (Å²) < 4.78 is 21.1. The third kappa shape index (κ3) is 4.73. The lowest BCUT2D eigenvalue weighted by Crippen LogP contribution is -2.35. The number of benzene rings is 2. The predicted octanol–water partition coefficient (Wildman–Crippen LogP) is 4.49. The van der Waals surface area contributed by atoms with Gasteiger partial charge in [-0.3, -0.25) is 20.2 Å². The molecule has 0 fully saturated rings. The van der Waals surface area contributed by atoms with E-state index >= 15 is 0 Å². The van der Waals surface area contributed by atoms with Crippen LogP contribution in [0.15, 0.2) is 97.1 Å². The number of ether oxygens (including phenoxy) is 4. The molecule has 196 valence electrons. The molecule has 4 rings (SSSR count). The van der Waals surface area contributed by atoms with E-state index in [9.17, 15) is 25.0 Å². The second-order valence-corrected chi connectivity index (χ2v) is 8.42. The van der Waals surface area contributed by atoms with Crippen LogP contribution in [-0.2, 0) is 20.6 Å². The van der Waals surface area contributed by atoms with Crippen LogP contribution in [0.3, 0.4) is 0 Å². The molecule has 38 heavy (non-hydrogen) atoms. The molecule has 2 aliphatic carbocycles. The van der Waals surface area contributed by atoms with Gasteiger partial charge in [0.2, 0.25) is 0 Å². The van der Waals surface area contributed by atoms with Gasteiger partial charge in [0.05, 0.1) is 25.3 Å². The highest BCUT2D eigenvalue weighted by Crippen LogP contribution is 2.39. The van der Waals surface area contributed by atoms with Gasteiger partial charge in [0.25, 0.3) is 11.1 Å². The molecule has 2 aromatic carbocycles. The van der Waals surface area contributed by atoms with Crippen molar-refractivity contribution in [1.82, 2.24) is 0 Å². The number of carbonyl (C=O) groups is 1. The van der Waals surface area contributed by atoms with Gasteiger partial charge in [0, 0.05) is 34.2 Å². The Bertz CT molecular complexity index is 1230. The molecular weight excluding hydrogens is 496 g/mol. The number of hydrogen-bond acceptors (Lipinski definition) is 9. The van der Waals surface area contributed by atoms with E-state index in [1.165, 1.54) is 62.8 Å². The molecule has 0 saturated carbocycles. The van der Waals surface area contributed by atoms with Crippen molar-refractivity contribution in [2.24, 2.45) is 0 Å². The molecule has 0 N–H and O–H groups in total. The average molecular weight is 520 g/mol. The molecule has 11 heteroatoms. The van der Waals surface area contributed by atoms with Gasteiger partial charge in [-0.2, -0.15) is 0 Å². The SMILES string of the molecule is COc1ccccc1C1([N+](=O)[O-])C=CC(OC(=O)OC2C=CC(c3ccccc3OC)([N+](=O)[O-])C=C2)C=C1. The summed E-state index contributed by atoms with van der Waals surface area (Å²) in [5.41, 5.74) is -2.75. The molecule has 0 aromatic heterocycles. The van der Waals surface area contributed by atoms with Crippen molar-refractivity contribution in [3.05, 3.63) is 128 Å². The lowest BCUT2D eigenvalue weighted by molar-refractivity contribution is -0.549. The molecule has 0 spiro atoms. The summed E-state index contributed by atoms with van der Waals surface area (Å²) in [4.78, 5) is 35.5. The van der Waals surface area contributed by atoms with Gasteiger partial charge in [-0.1, -0.05) is 24.3 Å². The van der Waals surface area contributed by atoms with E-state index in [1.807, 2.05) is 0 Å². The molecular formula is C27H24N2O9. The summed E-state index contributed by atoms with van der Waals surface area (Å²) in [6.45, 7) is 0. The maximum absolute atomic E-state index is 12.4. The molecule has 0 aliphatic heterocycles.